The van der Waals surface area contributed by atoms with E-state index in [4.69, 9.17) is 21.1 Å². The van der Waals surface area contributed by atoms with Crippen molar-refractivity contribution in [2.45, 2.75) is 38.5 Å². The van der Waals surface area contributed by atoms with Crippen LogP contribution in [0.15, 0.2) is 41.2 Å². The summed E-state index contributed by atoms with van der Waals surface area (Å²) in [4.78, 5) is 24.1. The zero-order chi connectivity index (χ0) is 22.8. The second-order valence-corrected chi connectivity index (χ2v) is 8.17. The Morgan fingerprint density at radius 2 is 1.97 bits per heavy atom. The molecule has 5 nitrogen and oxygen atoms in total. The lowest BCUT2D eigenvalue weighted by molar-refractivity contribution is -0.149. The van der Waals surface area contributed by atoms with Crippen LogP contribution in [0.3, 0.4) is 0 Å². The molecule has 0 radical (unpaired) electrons. The standard InChI is InChI=1S/C21H19ClF3NO4S/c1-3-4-5-17(19(27)29-2)30-13-7-9-16-18(11-13)31-20(28)26(16)15-8-6-12(10-14(15)22)21(23,24)25/h6-11,17H,3-5H2,1-2H3. The summed E-state index contributed by atoms with van der Waals surface area (Å²) in [5.41, 5.74) is -0.285. The largest absolute Gasteiger partial charge is 0.479 e. The Morgan fingerprint density at radius 1 is 1.23 bits per heavy atom. The molecular formula is C21H19ClF3NO4S. The van der Waals surface area contributed by atoms with E-state index in [9.17, 15) is 22.8 Å². The minimum Gasteiger partial charge on any atom is -0.479 e. The number of fused-ring (bicyclic) bond motifs is 1. The van der Waals surface area contributed by atoms with Gasteiger partial charge in [-0.2, -0.15) is 13.2 Å². The molecule has 0 aliphatic carbocycles. The third-order valence-corrected chi connectivity index (χ3v) is 5.84. The smallest absolute Gasteiger partial charge is 0.416 e. The van der Waals surface area contributed by atoms with Crippen molar-refractivity contribution in [3.05, 3.63) is 56.7 Å². The Balaban J connectivity index is 1.98. The lowest BCUT2D eigenvalue weighted by Gasteiger charge is -2.16. The van der Waals surface area contributed by atoms with Crippen LogP contribution in [-0.2, 0) is 15.7 Å². The van der Waals surface area contributed by atoms with Crippen molar-refractivity contribution in [2.75, 3.05) is 7.11 Å². The van der Waals surface area contributed by atoms with Gasteiger partial charge in [-0.1, -0.05) is 36.3 Å². The highest BCUT2D eigenvalue weighted by atomic mass is 35.5. The number of benzene rings is 2. The Labute approximate surface area is 185 Å². The second-order valence-electron chi connectivity index (χ2n) is 6.77. The summed E-state index contributed by atoms with van der Waals surface area (Å²) in [5, 5.41) is -0.192. The van der Waals surface area contributed by atoms with Gasteiger partial charge in [-0.25, -0.2) is 4.79 Å². The van der Waals surface area contributed by atoms with Crippen LogP contribution < -0.4 is 9.61 Å². The van der Waals surface area contributed by atoms with Gasteiger partial charge in [0.1, 0.15) is 5.75 Å². The molecule has 31 heavy (non-hydrogen) atoms. The highest BCUT2D eigenvalue weighted by molar-refractivity contribution is 7.16. The molecule has 2 aromatic carbocycles. The molecule has 1 heterocycles. The molecule has 10 heteroatoms. The zero-order valence-corrected chi connectivity index (χ0v) is 18.2. The summed E-state index contributed by atoms with van der Waals surface area (Å²) in [6.07, 6.45) is -3.17. The average Bonchev–Trinajstić information content (AvgIpc) is 3.04. The van der Waals surface area contributed by atoms with Crippen LogP contribution in [0.2, 0.25) is 5.02 Å². The third-order valence-electron chi connectivity index (χ3n) is 4.63. The summed E-state index contributed by atoms with van der Waals surface area (Å²) in [7, 11) is 1.29. The summed E-state index contributed by atoms with van der Waals surface area (Å²) in [5.74, 6) is -0.109. The third kappa shape index (κ3) is 5.04. The number of esters is 1. The average molecular weight is 474 g/mol. The zero-order valence-electron chi connectivity index (χ0n) is 16.7. The van der Waals surface area contributed by atoms with Gasteiger partial charge in [-0.3, -0.25) is 9.36 Å². The maximum Gasteiger partial charge on any atom is 0.416 e. The van der Waals surface area contributed by atoms with E-state index in [1.807, 2.05) is 6.92 Å². The van der Waals surface area contributed by atoms with E-state index in [0.717, 1.165) is 36.3 Å². The molecule has 3 aromatic rings. The molecule has 3 rings (SSSR count). The Hall–Kier alpha value is -2.52. The molecule has 0 spiro atoms. The number of aromatic nitrogens is 1. The maximum atomic E-state index is 12.9. The van der Waals surface area contributed by atoms with Crippen molar-refractivity contribution >= 4 is 39.1 Å². The highest BCUT2D eigenvalue weighted by Gasteiger charge is 2.31. The van der Waals surface area contributed by atoms with Gasteiger partial charge in [0.2, 0.25) is 0 Å². The number of nitrogens with zero attached hydrogens (tertiary/aromatic N) is 1. The van der Waals surface area contributed by atoms with Crippen molar-refractivity contribution in [1.29, 1.82) is 0 Å². The molecule has 0 fully saturated rings. The quantitative estimate of drug-likeness (QED) is 0.405. The Morgan fingerprint density at radius 3 is 2.58 bits per heavy atom. The number of hydrogen-bond acceptors (Lipinski definition) is 5. The molecule has 0 amide bonds. The molecular weight excluding hydrogens is 455 g/mol. The van der Waals surface area contributed by atoms with E-state index in [0.29, 0.717) is 22.4 Å². The molecule has 0 aliphatic rings. The number of ether oxygens (including phenoxy) is 2. The van der Waals surface area contributed by atoms with Gasteiger partial charge in [0.15, 0.2) is 6.10 Å². The summed E-state index contributed by atoms with van der Waals surface area (Å²) in [6, 6.07) is 7.64. The fourth-order valence-corrected chi connectivity index (χ4v) is 4.26. The van der Waals surface area contributed by atoms with Crippen LogP contribution >= 0.6 is 22.9 Å². The fourth-order valence-electron chi connectivity index (χ4n) is 3.08. The molecule has 0 N–H and O–H groups in total. The van der Waals surface area contributed by atoms with Gasteiger partial charge < -0.3 is 9.47 Å². The van der Waals surface area contributed by atoms with E-state index in [1.165, 1.54) is 17.7 Å². The number of hydrogen-bond donors (Lipinski definition) is 0. The highest BCUT2D eigenvalue weighted by Crippen LogP contribution is 2.34. The molecule has 0 saturated heterocycles. The van der Waals surface area contributed by atoms with Crippen molar-refractivity contribution in [1.82, 2.24) is 4.57 Å². The number of unbranched alkanes of at least 4 members (excludes halogenated alkanes) is 1. The van der Waals surface area contributed by atoms with Crippen LogP contribution in [0.25, 0.3) is 15.9 Å². The minimum atomic E-state index is -4.54. The van der Waals surface area contributed by atoms with Gasteiger partial charge in [0, 0.05) is 0 Å². The summed E-state index contributed by atoms with van der Waals surface area (Å²) < 4.78 is 51.1. The lowest BCUT2D eigenvalue weighted by Crippen LogP contribution is -2.28. The Bertz CT molecular complexity index is 1160. The van der Waals surface area contributed by atoms with Crippen LogP contribution in [0, 0.1) is 0 Å². The number of carbonyl (C=O) groups is 1. The molecule has 0 saturated carbocycles. The van der Waals surface area contributed by atoms with E-state index < -0.39 is 28.7 Å². The minimum absolute atomic E-state index is 0.148. The first-order chi connectivity index (χ1) is 14.7. The Kier molecular flexibility index (Phi) is 6.96. The van der Waals surface area contributed by atoms with Gasteiger partial charge in [0.05, 0.1) is 33.6 Å². The van der Waals surface area contributed by atoms with Crippen LogP contribution in [0.1, 0.15) is 31.7 Å². The molecule has 0 aliphatic heterocycles. The number of alkyl halides is 3. The van der Waals surface area contributed by atoms with Crippen LogP contribution in [0.4, 0.5) is 13.2 Å². The van der Waals surface area contributed by atoms with Crippen LogP contribution in [-0.4, -0.2) is 23.8 Å². The van der Waals surface area contributed by atoms with Crippen molar-refractivity contribution < 1.29 is 27.4 Å². The van der Waals surface area contributed by atoms with E-state index in [2.05, 4.69) is 0 Å². The fraction of sp³-hybridized carbons (Fsp3) is 0.333. The number of methoxy groups -OCH3 is 1. The number of rotatable bonds is 7. The van der Waals surface area contributed by atoms with E-state index in [-0.39, 0.29) is 10.7 Å². The van der Waals surface area contributed by atoms with Gasteiger partial charge in [-0.15, -0.1) is 0 Å². The molecule has 1 unspecified atom stereocenters. The first-order valence-corrected chi connectivity index (χ1v) is 10.6. The molecule has 166 valence electrons. The van der Waals surface area contributed by atoms with E-state index in [1.54, 1.807) is 18.2 Å². The molecule has 1 aromatic heterocycles. The SMILES string of the molecule is CCCCC(Oc1ccc2c(c1)sc(=O)n2-c1ccc(C(F)(F)F)cc1Cl)C(=O)OC. The monoisotopic (exact) mass is 473 g/mol. The van der Waals surface area contributed by atoms with Crippen molar-refractivity contribution in [2.24, 2.45) is 0 Å². The predicted octanol–water partition coefficient (Wildman–Crippen LogP) is 5.84. The number of halogens is 4. The molecule has 1 atom stereocenters. The maximum absolute atomic E-state index is 12.9. The number of carbonyl (C=O) groups excluding carboxylic acids is 1. The molecule has 0 bridgehead atoms. The van der Waals surface area contributed by atoms with Gasteiger partial charge in [0.25, 0.3) is 0 Å². The normalized spacial score (nSPS) is 12.7. The van der Waals surface area contributed by atoms with E-state index >= 15 is 0 Å². The van der Waals surface area contributed by atoms with Gasteiger partial charge >= 0.3 is 17.0 Å². The topological polar surface area (TPSA) is 57.5 Å². The first-order valence-electron chi connectivity index (χ1n) is 9.43. The summed E-state index contributed by atoms with van der Waals surface area (Å²) in [6.45, 7) is 1.99. The number of thiazole rings is 1. The van der Waals surface area contributed by atoms with Crippen molar-refractivity contribution in [3.63, 3.8) is 0 Å². The van der Waals surface area contributed by atoms with Gasteiger partial charge in [-0.05, 0) is 49.2 Å². The predicted molar refractivity (Wildman–Crippen MR) is 113 cm³/mol. The summed E-state index contributed by atoms with van der Waals surface area (Å²) >= 11 is 6.96. The second kappa shape index (κ2) is 9.32. The van der Waals surface area contributed by atoms with Crippen molar-refractivity contribution in [3.8, 4) is 11.4 Å². The van der Waals surface area contributed by atoms with Crippen LogP contribution in [0.5, 0.6) is 5.75 Å². The first kappa shape index (κ1) is 23.1. The lowest BCUT2D eigenvalue weighted by atomic mass is 10.1.